The average molecular weight is 588 g/mol. The predicted octanol–water partition coefficient (Wildman–Crippen LogP) is -7.45. The Balaban J connectivity index is 1.85. The maximum absolute atomic E-state index is 16.2. The summed E-state index contributed by atoms with van der Waals surface area (Å²) in [4.78, 5) is 12.5. The molecule has 0 aromatic carbocycles. The van der Waals surface area contributed by atoms with Crippen molar-refractivity contribution >= 4 is 5.91 Å². The van der Waals surface area contributed by atoms with E-state index in [1.54, 1.807) is 0 Å². The lowest BCUT2D eigenvalue weighted by Crippen LogP contribution is -2.68. The topological polar surface area (TPSA) is 312 Å². The molecule has 0 bridgehead atoms. The number of aliphatic hydroxyl groups is 7. The van der Waals surface area contributed by atoms with E-state index in [9.17, 15) is 40.5 Å². The number of carbonyl (C=O) groups excluding carboxylic acids is 1. The van der Waals surface area contributed by atoms with E-state index in [1.165, 1.54) is 0 Å². The van der Waals surface area contributed by atoms with Gasteiger partial charge in [0.15, 0.2) is 18.8 Å². The fourth-order valence-electron chi connectivity index (χ4n) is 5.02. The molecule has 3 fully saturated rings. The molecular formula is C22H42FN5O12. The average Bonchev–Trinajstić information content (AvgIpc) is 2.92. The van der Waals surface area contributed by atoms with Crippen molar-refractivity contribution in [3.63, 3.8) is 0 Å². The Morgan fingerprint density at radius 1 is 0.925 bits per heavy atom. The number of aliphatic hydroxyl groups excluding tert-OH is 7. The zero-order valence-corrected chi connectivity index (χ0v) is 21.6. The summed E-state index contributed by atoms with van der Waals surface area (Å²) < 4.78 is 38.3. The molecule has 16 atom stereocenters. The van der Waals surface area contributed by atoms with Crippen LogP contribution in [-0.2, 0) is 23.7 Å². The third-order valence-electron chi connectivity index (χ3n) is 7.46. The van der Waals surface area contributed by atoms with Gasteiger partial charge in [-0.3, -0.25) is 4.79 Å². The number of nitrogens with two attached hydrogens (primary N) is 4. The van der Waals surface area contributed by atoms with Gasteiger partial charge in [-0.15, -0.1) is 0 Å². The Bertz CT molecular complexity index is 820. The fraction of sp³-hybridized carbons (Fsp3) is 0.955. The molecule has 2 saturated heterocycles. The first-order valence-corrected chi connectivity index (χ1v) is 13.0. The number of alkyl halides is 1. The predicted molar refractivity (Wildman–Crippen MR) is 130 cm³/mol. The second kappa shape index (κ2) is 14.3. The van der Waals surface area contributed by atoms with Gasteiger partial charge in [0, 0.05) is 12.6 Å². The normalized spacial score (nSPS) is 47.0. The minimum absolute atomic E-state index is 0.0146. The minimum Gasteiger partial charge on any atom is -0.394 e. The van der Waals surface area contributed by atoms with Crippen LogP contribution in [0.1, 0.15) is 12.8 Å². The first kappa shape index (κ1) is 33.3. The highest BCUT2D eigenvalue weighted by Gasteiger charge is 2.53. The van der Waals surface area contributed by atoms with E-state index >= 15 is 4.39 Å². The lowest BCUT2D eigenvalue weighted by atomic mass is 9.84. The second-order valence-corrected chi connectivity index (χ2v) is 10.3. The number of hydrogen-bond acceptors (Lipinski definition) is 16. The molecule has 0 aromatic rings. The first-order valence-electron chi connectivity index (χ1n) is 13.0. The van der Waals surface area contributed by atoms with Crippen LogP contribution in [0.2, 0.25) is 0 Å². The second-order valence-electron chi connectivity index (χ2n) is 10.3. The molecule has 234 valence electrons. The first-order chi connectivity index (χ1) is 18.9. The van der Waals surface area contributed by atoms with Crippen LogP contribution in [0.3, 0.4) is 0 Å². The van der Waals surface area contributed by atoms with Crippen LogP contribution in [0.25, 0.3) is 0 Å². The number of nitrogens with one attached hydrogen (secondary N) is 1. The molecule has 16 N–H and O–H groups in total. The molecule has 1 aliphatic carbocycles. The number of carbonyl (C=O) groups is 1. The monoisotopic (exact) mass is 587 g/mol. The SMILES string of the molecule is NCC[C@H](O)C(=O)N[C@@H]1C[C@H](N)[C@@H](O[C@H]2O[C@H](CN)[C@@H](O)[C@H](O)[C@H]2O)[C@@H](F)[C@H]1O[C@H]1O[C@H](CO)[C@@H](O)[C@H](N)[C@H]1O. The maximum atomic E-state index is 16.2. The van der Waals surface area contributed by atoms with Gasteiger partial charge in [-0.05, 0) is 19.4 Å². The molecule has 17 nitrogen and oxygen atoms in total. The van der Waals surface area contributed by atoms with Crippen molar-refractivity contribution in [2.24, 2.45) is 22.9 Å². The molecule has 0 spiro atoms. The van der Waals surface area contributed by atoms with Crippen molar-refractivity contribution in [2.75, 3.05) is 19.7 Å². The zero-order chi connectivity index (χ0) is 29.9. The Hall–Kier alpha value is -1.20. The van der Waals surface area contributed by atoms with Gasteiger partial charge in [0.25, 0.3) is 0 Å². The van der Waals surface area contributed by atoms with E-state index in [1.807, 2.05) is 0 Å². The van der Waals surface area contributed by atoms with Crippen LogP contribution < -0.4 is 28.3 Å². The van der Waals surface area contributed by atoms with Crippen LogP contribution in [0.5, 0.6) is 0 Å². The summed E-state index contributed by atoms with van der Waals surface area (Å²) in [6.45, 7) is -0.986. The Morgan fingerprint density at radius 2 is 1.52 bits per heavy atom. The lowest BCUT2D eigenvalue weighted by Gasteiger charge is -2.48. The highest BCUT2D eigenvalue weighted by molar-refractivity contribution is 5.80. The van der Waals surface area contributed by atoms with E-state index in [4.69, 9.17) is 41.9 Å². The highest BCUT2D eigenvalue weighted by Crippen LogP contribution is 2.33. The number of rotatable bonds is 10. The molecule has 2 heterocycles. The van der Waals surface area contributed by atoms with Crippen LogP contribution >= 0.6 is 0 Å². The van der Waals surface area contributed by atoms with Crippen LogP contribution in [-0.4, -0.2) is 159 Å². The highest BCUT2D eigenvalue weighted by atomic mass is 19.1. The molecule has 3 rings (SSSR count). The van der Waals surface area contributed by atoms with Crippen molar-refractivity contribution in [3.8, 4) is 0 Å². The Kier molecular flexibility index (Phi) is 11.9. The number of amides is 1. The van der Waals surface area contributed by atoms with Gasteiger partial charge < -0.3 is 82.9 Å². The molecule has 2 aliphatic heterocycles. The lowest BCUT2D eigenvalue weighted by molar-refractivity contribution is -0.327. The molecule has 1 amide bonds. The molecule has 18 heteroatoms. The van der Waals surface area contributed by atoms with Gasteiger partial charge >= 0.3 is 0 Å². The van der Waals surface area contributed by atoms with Crippen LogP contribution in [0.15, 0.2) is 0 Å². The van der Waals surface area contributed by atoms with Gasteiger partial charge in [-0.1, -0.05) is 0 Å². The van der Waals surface area contributed by atoms with E-state index in [0.29, 0.717) is 0 Å². The van der Waals surface area contributed by atoms with Gasteiger partial charge in [-0.2, -0.15) is 0 Å². The van der Waals surface area contributed by atoms with Crippen LogP contribution in [0.4, 0.5) is 4.39 Å². The summed E-state index contributed by atoms with van der Waals surface area (Å²) in [6, 6.07) is -3.75. The molecule has 0 unspecified atom stereocenters. The molecule has 3 aliphatic rings. The number of ether oxygens (including phenoxy) is 4. The smallest absolute Gasteiger partial charge is 0.249 e. The molecule has 0 aromatic heterocycles. The minimum atomic E-state index is -2.22. The Morgan fingerprint density at radius 3 is 2.12 bits per heavy atom. The van der Waals surface area contributed by atoms with Gasteiger partial charge in [0.05, 0.1) is 18.7 Å². The third kappa shape index (κ3) is 7.05. The standard InChI is InChI=1S/C22H42FN5O12/c23-11-18(39-22-17(35)16(34)14(32)9(4-25)37-22)6(26)3-7(28-20(36)8(30)1-2-24)19(11)40-21-15(33)12(27)13(31)10(5-29)38-21/h6-19,21-22,29-35H,1-5,24-27H2,(H,28,36)/t6-,7+,8-,9+,10+,11+,12-,13+,14+,15+,16-,17+,18+,19-,21+,22+/m0/s1. The van der Waals surface area contributed by atoms with Crippen molar-refractivity contribution in [1.29, 1.82) is 0 Å². The van der Waals surface area contributed by atoms with Crippen LogP contribution in [0, 0.1) is 0 Å². The zero-order valence-electron chi connectivity index (χ0n) is 21.6. The largest absolute Gasteiger partial charge is 0.394 e. The fourth-order valence-corrected chi connectivity index (χ4v) is 5.02. The summed E-state index contributed by atoms with van der Waals surface area (Å²) in [5, 5.41) is 73.2. The maximum Gasteiger partial charge on any atom is 0.249 e. The van der Waals surface area contributed by atoms with Crippen molar-refractivity contribution in [3.05, 3.63) is 0 Å². The Labute approximate surface area is 229 Å². The van der Waals surface area contributed by atoms with Crippen molar-refractivity contribution < 1.29 is 63.9 Å². The van der Waals surface area contributed by atoms with E-state index in [-0.39, 0.29) is 25.9 Å². The van der Waals surface area contributed by atoms with Crippen molar-refractivity contribution in [1.82, 2.24) is 5.32 Å². The summed E-state index contributed by atoms with van der Waals surface area (Å²) in [7, 11) is 0. The molecule has 1 saturated carbocycles. The number of hydrogen-bond donors (Lipinski definition) is 12. The third-order valence-corrected chi connectivity index (χ3v) is 7.46. The van der Waals surface area contributed by atoms with Crippen molar-refractivity contribution in [2.45, 2.75) is 111 Å². The van der Waals surface area contributed by atoms with E-state index < -0.39 is 110 Å². The summed E-state index contributed by atoms with van der Waals surface area (Å²) in [5.74, 6) is -0.901. The number of halogens is 1. The molecular weight excluding hydrogens is 545 g/mol. The van der Waals surface area contributed by atoms with Gasteiger partial charge in [-0.25, -0.2) is 4.39 Å². The summed E-state index contributed by atoms with van der Waals surface area (Å²) >= 11 is 0. The van der Waals surface area contributed by atoms with E-state index in [2.05, 4.69) is 5.32 Å². The molecule has 0 radical (unpaired) electrons. The quantitative estimate of drug-likeness (QED) is 0.113. The van der Waals surface area contributed by atoms with Gasteiger partial charge in [0.2, 0.25) is 5.91 Å². The van der Waals surface area contributed by atoms with E-state index in [0.717, 1.165) is 0 Å². The van der Waals surface area contributed by atoms with Gasteiger partial charge in [0.1, 0.15) is 61.0 Å². The summed E-state index contributed by atoms with van der Waals surface area (Å²) in [5.41, 5.74) is 22.9. The molecule has 40 heavy (non-hydrogen) atoms. The summed E-state index contributed by atoms with van der Waals surface area (Å²) in [6.07, 6.45) is -21.4.